The highest BCUT2D eigenvalue weighted by Crippen LogP contribution is 2.12. The molecule has 0 radical (unpaired) electrons. The lowest BCUT2D eigenvalue weighted by atomic mass is 10.2. The zero-order chi connectivity index (χ0) is 11.3. The van der Waals surface area contributed by atoms with Crippen molar-refractivity contribution >= 4 is 11.8 Å². The van der Waals surface area contributed by atoms with Gasteiger partial charge in [0, 0.05) is 19.3 Å². The first-order valence-electron chi connectivity index (χ1n) is 4.74. The summed E-state index contributed by atoms with van der Waals surface area (Å²) in [4.78, 5) is 16.8. The van der Waals surface area contributed by atoms with Gasteiger partial charge in [-0.2, -0.15) is 0 Å². The summed E-state index contributed by atoms with van der Waals surface area (Å²) in [7, 11) is 0. The van der Waals surface area contributed by atoms with E-state index in [9.17, 15) is 4.79 Å². The Morgan fingerprint density at radius 2 is 2.47 bits per heavy atom. The topological polar surface area (TPSA) is 53.4 Å². The maximum Gasteiger partial charge on any atom is 0.335 e. The number of rotatable bonds is 5. The molecule has 0 aromatic carbocycles. The predicted molar refractivity (Wildman–Crippen MR) is 59.3 cm³/mol. The zero-order valence-electron chi connectivity index (χ0n) is 8.68. The molecule has 0 aliphatic rings. The Morgan fingerprint density at radius 3 is 3.00 bits per heavy atom. The summed E-state index contributed by atoms with van der Waals surface area (Å²) < 4.78 is 0. The largest absolute Gasteiger partial charge is 0.478 e. The van der Waals surface area contributed by atoms with Crippen molar-refractivity contribution in [2.24, 2.45) is 0 Å². The van der Waals surface area contributed by atoms with Crippen LogP contribution in [0.4, 0.5) is 5.82 Å². The van der Waals surface area contributed by atoms with Crippen molar-refractivity contribution in [3.63, 3.8) is 0 Å². The van der Waals surface area contributed by atoms with Crippen molar-refractivity contribution in [3.05, 3.63) is 36.5 Å². The number of likely N-dealkylation sites (N-methyl/N-ethyl adjacent to an activating group) is 1. The molecule has 0 aliphatic heterocycles. The minimum atomic E-state index is -0.937. The fourth-order valence-corrected chi connectivity index (χ4v) is 1.26. The Morgan fingerprint density at radius 1 is 1.73 bits per heavy atom. The van der Waals surface area contributed by atoms with Gasteiger partial charge in [0.1, 0.15) is 5.82 Å². The second kappa shape index (κ2) is 5.14. The van der Waals surface area contributed by atoms with Gasteiger partial charge < -0.3 is 10.0 Å². The van der Waals surface area contributed by atoms with Gasteiger partial charge in [-0.05, 0) is 19.1 Å². The lowest BCUT2D eigenvalue weighted by Gasteiger charge is -2.19. The minimum absolute atomic E-state index is 0.252. The Labute approximate surface area is 88.9 Å². The van der Waals surface area contributed by atoms with E-state index in [1.54, 1.807) is 12.1 Å². The third kappa shape index (κ3) is 2.80. The summed E-state index contributed by atoms with van der Waals surface area (Å²) in [5.74, 6) is -0.273. The number of anilines is 1. The molecule has 4 nitrogen and oxygen atoms in total. The Balaban J connectivity index is 2.97. The van der Waals surface area contributed by atoms with Crippen LogP contribution in [0, 0.1) is 0 Å². The van der Waals surface area contributed by atoms with Crippen molar-refractivity contribution in [1.82, 2.24) is 4.98 Å². The summed E-state index contributed by atoms with van der Waals surface area (Å²) >= 11 is 0. The quantitative estimate of drug-likeness (QED) is 0.746. The molecule has 1 aromatic rings. The second-order valence-corrected chi connectivity index (χ2v) is 3.04. The van der Waals surface area contributed by atoms with E-state index in [1.165, 1.54) is 12.3 Å². The number of aromatic nitrogens is 1. The van der Waals surface area contributed by atoms with Crippen molar-refractivity contribution in [2.75, 3.05) is 18.0 Å². The Hall–Kier alpha value is -1.84. The van der Waals surface area contributed by atoms with Gasteiger partial charge in [0.15, 0.2) is 0 Å². The first kappa shape index (κ1) is 11.2. The summed E-state index contributed by atoms with van der Waals surface area (Å²) in [5, 5.41) is 8.83. The minimum Gasteiger partial charge on any atom is -0.478 e. The predicted octanol–water partition coefficient (Wildman–Crippen LogP) is 1.79. The lowest BCUT2D eigenvalue weighted by molar-refractivity contribution is 0.0697. The molecule has 0 atom stereocenters. The number of nitrogens with zero attached hydrogens (tertiary/aromatic N) is 2. The summed E-state index contributed by atoms with van der Waals surface area (Å²) in [6.07, 6.45) is 3.27. The van der Waals surface area contributed by atoms with Crippen molar-refractivity contribution in [1.29, 1.82) is 0 Å². The Kier molecular flexibility index (Phi) is 3.85. The molecular weight excluding hydrogens is 192 g/mol. The molecule has 1 heterocycles. The lowest BCUT2D eigenvalue weighted by Crippen LogP contribution is -2.23. The SMILES string of the molecule is C=CCN(CC)c1cc(C(=O)O)ccn1. The number of carboxylic acids is 1. The molecule has 0 aliphatic carbocycles. The van der Waals surface area contributed by atoms with Crippen LogP contribution in [0.25, 0.3) is 0 Å². The number of carboxylic acid groups (broad SMARTS) is 1. The van der Waals surface area contributed by atoms with Gasteiger partial charge in [-0.1, -0.05) is 6.08 Å². The van der Waals surface area contributed by atoms with Crippen LogP contribution in [0.5, 0.6) is 0 Å². The first-order chi connectivity index (χ1) is 7.19. The average molecular weight is 206 g/mol. The fraction of sp³-hybridized carbons (Fsp3) is 0.273. The van der Waals surface area contributed by atoms with Gasteiger partial charge >= 0.3 is 5.97 Å². The second-order valence-electron chi connectivity index (χ2n) is 3.04. The van der Waals surface area contributed by atoms with Gasteiger partial charge in [0.05, 0.1) is 5.56 Å². The van der Waals surface area contributed by atoms with E-state index in [1.807, 2.05) is 11.8 Å². The summed E-state index contributed by atoms with van der Waals surface area (Å²) in [6, 6.07) is 3.04. The third-order valence-corrected chi connectivity index (χ3v) is 2.05. The molecule has 0 bridgehead atoms. The maximum absolute atomic E-state index is 10.8. The zero-order valence-corrected chi connectivity index (χ0v) is 8.68. The van der Waals surface area contributed by atoms with Gasteiger partial charge in [-0.25, -0.2) is 9.78 Å². The third-order valence-electron chi connectivity index (χ3n) is 2.05. The van der Waals surface area contributed by atoms with E-state index in [-0.39, 0.29) is 5.56 Å². The van der Waals surface area contributed by atoms with E-state index < -0.39 is 5.97 Å². The number of aromatic carboxylic acids is 1. The number of carbonyl (C=O) groups is 1. The molecule has 0 amide bonds. The highest BCUT2D eigenvalue weighted by atomic mass is 16.4. The molecule has 1 aromatic heterocycles. The highest BCUT2D eigenvalue weighted by Gasteiger charge is 2.07. The van der Waals surface area contributed by atoms with Crippen LogP contribution in [0.15, 0.2) is 31.0 Å². The van der Waals surface area contributed by atoms with Gasteiger partial charge in [0.25, 0.3) is 0 Å². The molecule has 0 spiro atoms. The van der Waals surface area contributed by atoms with Crippen LogP contribution < -0.4 is 4.90 Å². The number of hydrogen-bond donors (Lipinski definition) is 1. The van der Waals surface area contributed by atoms with Crippen LogP contribution in [-0.4, -0.2) is 29.1 Å². The smallest absolute Gasteiger partial charge is 0.335 e. The Bertz CT molecular complexity index is 363. The average Bonchev–Trinajstić information content (AvgIpc) is 2.26. The van der Waals surface area contributed by atoms with E-state index >= 15 is 0 Å². The molecule has 80 valence electrons. The first-order valence-corrected chi connectivity index (χ1v) is 4.74. The van der Waals surface area contributed by atoms with Crippen LogP contribution in [0.2, 0.25) is 0 Å². The van der Waals surface area contributed by atoms with Crippen molar-refractivity contribution < 1.29 is 9.90 Å². The van der Waals surface area contributed by atoms with Crippen LogP contribution in [0.3, 0.4) is 0 Å². The molecule has 1 N–H and O–H groups in total. The molecule has 0 fully saturated rings. The molecular formula is C11H14N2O2. The fourth-order valence-electron chi connectivity index (χ4n) is 1.26. The standard InChI is InChI=1S/C11H14N2O2/c1-3-7-13(4-2)10-8-9(11(14)15)5-6-12-10/h3,5-6,8H,1,4,7H2,2H3,(H,14,15). The van der Waals surface area contributed by atoms with Gasteiger partial charge in [0.2, 0.25) is 0 Å². The van der Waals surface area contributed by atoms with E-state index in [0.717, 1.165) is 6.54 Å². The molecule has 0 unspecified atom stereocenters. The summed E-state index contributed by atoms with van der Waals surface area (Å²) in [5.41, 5.74) is 0.252. The molecule has 4 heteroatoms. The monoisotopic (exact) mass is 206 g/mol. The van der Waals surface area contributed by atoms with E-state index in [2.05, 4.69) is 11.6 Å². The molecule has 15 heavy (non-hydrogen) atoms. The van der Waals surface area contributed by atoms with Crippen LogP contribution >= 0.6 is 0 Å². The van der Waals surface area contributed by atoms with Crippen molar-refractivity contribution in [3.8, 4) is 0 Å². The highest BCUT2D eigenvalue weighted by molar-refractivity contribution is 5.88. The molecule has 0 saturated heterocycles. The van der Waals surface area contributed by atoms with E-state index in [4.69, 9.17) is 5.11 Å². The molecule has 0 saturated carbocycles. The van der Waals surface area contributed by atoms with Gasteiger partial charge in [-0.15, -0.1) is 6.58 Å². The van der Waals surface area contributed by atoms with Crippen LogP contribution in [-0.2, 0) is 0 Å². The van der Waals surface area contributed by atoms with Crippen LogP contribution in [0.1, 0.15) is 17.3 Å². The summed E-state index contributed by atoms with van der Waals surface area (Å²) in [6.45, 7) is 7.06. The normalized spacial score (nSPS) is 9.67. The van der Waals surface area contributed by atoms with E-state index in [0.29, 0.717) is 12.4 Å². The number of hydrogen-bond acceptors (Lipinski definition) is 3. The van der Waals surface area contributed by atoms with Gasteiger partial charge in [-0.3, -0.25) is 0 Å². The molecule has 1 rings (SSSR count). The number of pyridine rings is 1. The maximum atomic E-state index is 10.8. The van der Waals surface area contributed by atoms with Crippen molar-refractivity contribution in [2.45, 2.75) is 6.92 Å².